The summed E-state index contributed by atoms with van der Waals surface area (Å²) < 4.78 is 0. The number of nitrogens with one attached hydrogen (secondary N) is 1. The number of rotatable bonds is 2. The van der Waals surface area contributed by atoms with E-state index in [9.17, 15) is 4.79 Å². The number of halogens is 1. The van der Waals surface area contributed by atoms with Crippen molar-refractivity contribution >= 4 is 17.5 Å². The minimum atomic E-state index is -0.588. The molecule has 0 aromatic rings. The lowest BCUT2D eigenvalue weighted by Gasteiger charge is -1.95. The third-order valence-electron chi connectivity index (χ3n) is 0.679. The van der Waals surface area contributed by atoms with Crippen LogP contribution in [0.5, 0.6) is 0 Å². The summed E-state index contributed by atoms with van der Waals surface area (Å²) in [5.74, 6) is -0.640. The predicted molar refractivity (Wildman–Crippen MR) is 28.0 cm³/mol. The van der Waals surface area contributed by atoms with Crippen LogP contribution in [0.25, 0.3) is 0 Å². The van der Waals surface area contributed by atoms with Gasteiger partial charge in [0.2, 0.25) is 5.91 Å². The van der Waals surface area contributed by atoms with Crippen molar-refractivity contribution in [2.45, 2.75) is 6.92 Å². The van der Waals surface area contributed by atoms with Gasteiger partial charge < -0.3 is 0 Å². The Hall–Kier alpha value is -0.240. The van der Waals surface area contributed by atoms with E-state index in [1.807, 2.05) is 0 Å². The van der Waals surface area contributed by atoms with Crippen LogP contribution >= 0.6 is 11.6 Å². The zero-order valence-corrected chi connectivity index (χ0v) is 4.83. The highest BCUT2D eigenvalue weighted by Gasteiger charge is 2.05. The fourth-order valence-electron chi connectivity index (χ4n) is 0.0701. The third-order valence-corrected chi connectivity index (χ3v) is 1.14. The normalized spacial score (nSPS) is 13.4. The number of carbonyl (C=O) groups is 1. The molecular weight excluding hydrogens is 114 g/mol. The lowest BCUT2D eigenvalue weighted by Crippen LogP contribution is -2.11. The SMILES string of the molecule is CC(CCl)C([NH])=O. The van der Waals surface area contributed by atoms with E-state index in [-0.39, 0.29) is 11.8 Å². The molecule has 0 heterocycles. The number of hydrogen-bond acceptors (Lipinski definition) is 1. The summed E-state index contributed by atoms with van der Waals surface area (Å²) in [5.41, 5.74) is 6.46. The highest BCUT2D eigenvalue weighted by Crippen LogP contribution is 1.94. The molecule has 1 unspecified atom stereocenters. The van der Waals surface area contributed by atoms with Crippen LogP contribution in [-0.4, -0.2) is 11.8 Å². The Balaban J connectivity index is 3.34. The van der Waals surface area contributed by atoms with Gasteiger partial charge in [-0.1, -0.05) is 6.92 Å². The van der Waals surface area contributed by atoms with Gasteiger partial charge in [-0.25, -0.2) is 0 Å². The molecule has 2 nitrogen and oxygen atoms in total. The van der Waals surface area contributed by atoms with Crippen molar-refractivity contribution in [2.24, 2.45) is 5.92 Å². The van der Waals surface area contributed by atoms with Crippen molar-refractivity contribution in [1.82, 2.24) is 5.73 Å². The molecule has 7 heavy (non-hydrogen) atoms. The second-order valence-electron chi connectivity index (χ2n) is 1.42. The van der Waals surface area contributed by atoms with Crippen molar-refractivity contribution < 1.29 is 4.79 Å². The molecule has 1 radical (unpaired) electrons. The smallest absolute Gasteiger partial charge is 0.242 e. The first-order valence-electron chi connectivity index (χ1n) is 2.00. The minimum Gasteiger partial charge on any atom is -0.273 e. The van der Waals surface area contributed by atoms with E-state index in [1.54, 1.807) is 6.92 Å². The van der Waals surface area contributed by atoms with Gasteiger partial charge in [-0.2, -0.15) is 0 Å². The van der Waals surface area contributed by atoms with Crippen molar-refractivity contribution in [3.8, 4) is 0 Å². The summed E-state index contributed by atoms with van der Waals surface area (Å²) >= 11 is 5.21. The standard InChI is InChI=1S/C4H7ClNO/c1-3(2-5)4(6)7/h3,6H,2H2,1H3. The van der Waals surface area contributed by atoms with Gasteiger partial charge in [0, 0.05) is 5.88 Å². The molecule has 0 saturated heterocycles. The molecule has 1 N–H and O–H groups in total. The maximum Gasteiger partial charge on any atom is 0.242 e. The Morgan fingerprint density at radius 1 is 2.00 bits per heavy atom. The molecule has 0 aromatic heterocycles. The highest BCUT2D eigenvalue weighted by molar-refractivity contribution is 6.19. The van der Waals surface area contributed by atoms with Crippen LogP contribution in [0.1, 0.15) is 6.92 Å². The molecular formula is C4H7ClNO. The molecule has 0 aromatic carbocycles. The Morgan fingerprint density at radius 3 is 2.43 bits per heavy atom. The lowest BCUT2D eigenvalue weighted by atomic mass is 10.2. The van der Waals surface area contributed by atoms with Gasteiger partial charge in [0.25, 0.3) is 0 Å². The van der Waals surface area contributed by atoms with Crippen molar-refractivity contribution in [2.75, 3.05) is 5.88 Å². The van der Waals surface area contributed by atoms with E-state index in [0.29, 0.717) is 0 Å². The first-order chi connectivity index (χ1) is 3.18. The fourth-order valence-corrected chi connectivity index (χ4v) is 0.210. The van der Waals surface area contributed by atoms with E-state index in [4.69, 9.17) is 17.3 Å². The van der Waals surface area contributed by atoms with E-state index < -0.39 is 5.91 Å². The highest BCUT2D eigenvalue weighted by atomic mass is 35.5. The van der Waals surface area contributed by atoms with Crippen LogP contribution in [0, 0.1) is 5.92 Å². The van der Waals surface area contributed by atoms with Crippen LogP contribution in [-0.2, 0) is 4.79 Å². The molecule has 1 amide bonds. The summed E-state index contributed by atoms with van der Waals surface area (Å²) in [6, 6.07) is 0. The van der Waals surface area contributed by atoms with Gasteiger partial charge in [0.05, 0.1) is 5.92 Å². The van der Waals surface area contributed by atoms with Crippen LogP contribution in [0.2, 0.25) is 0 Å². The molecule has 41 valence electrons. The third kappa shape index (κ3) is 2.45. The summed E-state index contributed by atoms with van der Waals surface area (Å²) in [7, 11) is 0. The van der Waals surface area contributed by atoms with Gasteiger partial charge in [0.1, 0.15) is 0 Å². The average molecular weight is 121 g/mol. The van der Waals surface area contributed by atoms with E-state index in [0.717, 1.165) is 0 Å². The maximum atomic E-state index is 9.96. The Kier molecular flexibility index (Phi) is 2.76. The summed E-state index contributed by atoms with van der Waals surface area (Å²) in [6.45, 7) is 1.63. The van der Waals surface area contributed by atoms with E-state index in [2.05, 4.69) is 0 Å². The van der Waals surface area contributed by atoms with Crippen LogP contribution < -0.4 is 5.73 Å². The van der Waals surface area contributed by atoms with Gasteiger partial charge in [-0.15, -0.1) is 11.6 Å². The second kappa shape index (κ2) is 2.86. The van der Waals surface area contributed by atoms with Crippen molar-refractivity contribution in [3.63, 3.8) is 0 Å². The molecule has 1 atom stereocenters. The van der Waals surface area contributed by atoms with Gasteiger partial charge in [0.15, 0.2) is 0 Å². The monoisotopic (exact) mass is 120 g/mol. The maximum absolute atomic E-state index is 9.96. The molecule has 0 bridgehead atoms. The first kappa shape index (κ1) is 6.76. The van der Waals surface area contributed by atoms with Gasteiger partial charge in [-0.3, -0.25) is 10.5 Å². The largest absolute Gasteiger partial charge is 0.273 e. The first-order valence-corrected chi connectivity index (χ1v) is 2.53. The molecule has 0 spiro atoms. The molecule has 0 rings (SSSR count). The lowest BCUT2D eigenvalue weighted by molar-refractivity contribution is -0.121. The molecule has 0 aliphatic heterocycles. The van der Waals surface area contributed by atoms with Gasteiger partial charge in [-0.05, 0) is 0 Å². The zero-order valence-electron chi connectivity index (χ0n) is 4.07. The molecule has 3 heteroatoms. The molecule has 0 aliphatic carbocycles. The number of alkyl halides is 1. The van der Waals surface area contributed by atoms with E-state index >= 15 is 0 Å². The quantitative estimate of drug-likeness (QED) is 0.494. The number of carbonyl (C=O) groups excluding carboxylic acids is 1. The fraction of sp³-hybridized carbons (Fsp3) is 0.750. The van der Waals surface area contributed by atoms with Crippen molar-refractivity contribution in [1.29, 1.82) is 0 Å². The summed E-state index contributed by atoms with van der Waals surface area (Å²) in [5, 5.41) is 0. The van der Waals surface area contributed by atoms with Crippen LogP contribution in [0.4, 0.5) is 0 Å². The van der Waals surface area contributed by atoms with Crippen LogP contribution in [0.15, 0.2) is 0 Å². The zero-order chi connectivity index (χ0) is 5.86. The van der Waals surface area contributed by atoms with Gasteiger partial charge >= 0.3 is 0 Å². The summed E-state index contributed by atoms with van der Waals surface area (Å²) in [6.07, 6.45) is 0. The average Bonchev–Trinajstić information content (AvgIpc) is 1.65. The Labute approximate surface area is 47.6 Å². The molecule has 0 aliphatic rings. The molecule has 0 fully saturated rings. The summed E-state index contributed by atoms with van der Waals surface area (Å²) in [4.78, 5) is 9.96. The predicted octanol–water partition coefficient (Wildman–Crippen LogP) is 0.671. The van der Waals surface area contributed by atoms with Crippen molar-refractivity contribution in [3.05, 3.63) is 0 Å². The molecule has 0 saturated carbocycles. The Morgan fingerprint density at radius 2 is 2.43 bits per heavy atom. The van der Waals surface area contributed by atoms with Crippen LogP contribution in [0.3, 0.4) is 0 Å². The Bertz CT molecular complexity index is 74.1. The van der Waals surface area contributed by atoms with E-state index in [1.165, 1.54) is 0 Å². The second-order valence-corrected chi connectivity index (χ2v) is 1.73. The number of hydrogen-bond donors (Lipinski definition) is 0. The number of amides is 1. The topological polar surface area (TPSA) is 40.9 Å². The minimum absolute atomic E-state index is 0.252.